The number of ether oxygens (including phenoxy) is 3. The van der Waals surface area contributed by atoms with Gasteiger partial charge in [0.15, 0.2) is 16.3 Å². The van der Waals surface area contributed by atoms with Crippen LogP contribution >= 0.6 is 11.3 Å². The molecule has 0 unspecified atom stereocenters. The number of hydrogen-bond donors (Lipinski definition) is 0. The van der Waals surface area contributed by atoms with Crippen LogP contribution in [-0.2, 0) is 11.3 Å². The fraction of sp³-hybridized carbons (Fsp3) is 0.263. The van der Waals surface area contributed by atoms with E-state index < -0.39 is 22.3 Å². The van der Waals surface area contributed by atoms with Crippen molar-refractivity contribution in [3.8, 4) is 11.5 Å². The molecule has 0 bridgehead atoms. The van der Waals surface area contributed by atoms with Crippen molar-refractivity contribution < 1.29 is 28.3 Å². The van der Waals surface area contributed by atoms with Gasteiger partial charge in [-0.05, 0) is 12.1 Å². The zero-order chi connectivity index (χ0) is 21.8. The van der Waals surface area contributed by atoms with Crippen LogP contribution in [0.5, 0.6) is 11.5 Å². The Labute approximate surface area is 174 Å². The number of nitrogens with zero attached hydrogens (tertiary/aromatic N) is 3. The lowest BCUT2D eigenvalue weighted by Gasteiger charge is -2.09. The molecule has 1 heterocycles. The van der Waals surface area contributed by atoms with Crippen molar-refractivity contribution in [1.29, 1.82) is 0 Å². The molecule has 0 N–H and O–H groups in total. The van der Waals surface area contributed by atoms with E-state index in [9.17, 15) is 19.3 Å². The molecular weight excluding hydrogens is 417 g/mol. The minimum Gasteiger partial charge on any atom is -0.493 e. The molecule has 0 saturated carbocycles. The Balaban J connectivity index is 2.21. The zero-order valence-corrected chi connectivity index (χ0v) is 17.2. The summed E-state index contributed by atoms with van der Waals surface area (Å²) in [6.07, 6.45) is 0. The van der Waals surface area contributed by atoms with E-state index in [1.165, 1.54) is 38.0 Å². The predicted molar refractivity (Wildman–Crippen MR) is 108 cm³/mol. The maximum absolute atomic E-state index is 14.4. The van der Waals surface area contributed by atoms with Crippen LogP contribution in [0.15, 0.2) is 35.3 Å². The third-order valence-electron chi connectivity index (χ3n) is 4.30. The molecule has 3 aromatic rings. The van der Waals surface area contributed by atoms with Gasteiger partial charge in [0, 0.05) is 19.7 Å². The highest BCUT2D eigenvalue weighted by Gasteiger charge is 2.25. The number of para-hydroxylation sites is 1. The van der Waals surface area contributed by atoms with Gasteiger partial charge in [-0.1, -0.05) is 17.4 Å². The van der Waals surface area contributed by atoms with Crippen LogP contribution in [0.4, 0.5) is 10.1 Å². The highest BCUT2D eigenvalue weighted by Crippen LogP contribution is 2.34. The quantitative estimate of drug-likeness (QED) is 0.417. The molecule has 11 heteroatoms. The molecule has 0 radical (unpaired) electrons. The van der Waals surface area contributed by atoms with Crippen LogP contribution in [0, 0.1) is 15.9 Å². The minimum atomic E-state index is -0.860. The van der Waals surface area contributed by atoms with E-state index in [-0.39, 0.29) is 40.5 Å². The van der Waals surface area contributed by atoms with Gasteiger partial charge in [-0.3, -0.25) is 14.9 Å². The molecule has 0 saturated heterocycles. The maximum atomic E-state index is 14.4. The van der Waals surface area contributed by atoms with Crippen molar-refractivity contribution in [2.75, 3.05) is 27.9 Å². The lowest BCUT2D eigenvalue weighted by Crippen LogP contribution is -2.20. The average Bonchev–Trinajstić information content (AvgIpc) is 3.09. The van der Waals surface area contributed by atoms with E-state index in [4.69, 9.17) is 14.2 Å². The standard InChI is InChI=1S/C19H18FN3O6S/c1-27-8-7-22-17-12(20)5-4-6-16(17)30-19(22)21-18(24)11-9-14(28-2)15(29-3)10-13(11)23(25)26/h4-6,9-10H,7-8H2,1-3H3. The Hall–Kier alpha value is -3.31. The van der Waals surface area contributed by atoms with E-state index >= 15 is 0 Å². The van der Waals surface area contributed by atoms with Crippen molar-refractivity contribution in [3.05, 3.63) is 56.6 Å². The number of fused-ring (bicyclic) bond motifs is 1. The van der Waals surface area contributed by atoms with Crippen LogP contribution in [0.25, 0.3) is 10.2 Å². The van der Waals surface area contributed by atoms with Crippen molar-refractivity contribution in [2.24, 2.45) is 4.99 Å². The third kappa shape index (κ3) is 4.02. The summed E-state index contributed by atoms with van der Waals surface area (Å²) in [5, 5.41) is 11.5. The summed E-state index contributed by atoms with van der Waals surface area (Å²) < 4.78 is 31.8. The summed E-state index contributed by atoms with van der Waals surface area (Å²) in [6.45, 7) is 0.510. The molecule has 0 spiro atoms. The Morgan fingerprint density at radius 1 is 1.23 bits per heavy atom. The molecule has 0 aliphatic carbocycles. The Morgan fingerprint density at radius 3 is 2.57 bits per heavy atom. The second kappa shape index (κ2) is 9.01. The number of carbonyl (C=O) groups is 1. The van der Waals surface area contributed by atoms with Crippen molar-refractivity contribution in [2.45, 2.75) is 6.54 Å². The number of nitro benzene ring substituents is 1. The van der Waals surface area contributed by atoms with E-state index in [0.717, 1.165) is 17.4 Å². The second-order valence-electron chi connectivity index (χ2n) is 6.01. The lowest BCUT2D eigenvalue weighted by atomic mass is 10.1. The molecule has 1 amide bonds. The van der Waals surface area contributed by atoms with Gasteiger partial charge >= 0.3 is 0 Å². The summed E-state index contributed by atoms with van der Waals surface area (Å²) in [4.78, 5) is 27.9. The first kappa shape index (κ1) is 21.4. The largest absolute Gasteiger partial charge is 0.493 e. The molecule has 30 heavy (non-hydrogen) atoms. The van der Waals surface area contributed by atoms with Gasteiger partial charge in [-0.2, -0.15) is 4.99 Å². The summed E-state index contributed by atoms with van der Waals surface area (Å²) >= 11 is 1.10. The van der Waals surface area contributed by atoms with Crippen LogP contribution in [0.1, 0.15) is 10.4 Å². The fourth-order valence-electron chi connectivity index (χ4n) is 2.90. The van der Waals surface area contributed by atoms with Gasteiger partial charge in [0.05, 0.1) is 42.0 Å². The summed E-state index contributed by atoms with van der Waals surface area (Å²) in [5.74, 6) is -1.07. The highest BCUT2D eigenvalue weighted by atomic mass is 32.1. The molecule has 0 aliphatic rings. The number of thiazole rings is 1. The molecular formula is C19H18FN3O6S. The molecule has 158 valence electrons. The molecule has 0 atom stereocenters. The van der Waals surface area contributed by atoms with E-state index in [1.54, 1.807) is 12.1 Å². The zero-order valence-electron chi connectivity index (χ0n) is 16.4. The molecule has 1 aromatic heterocycles. The summed E-state index contributed by atoms with van der Waals surface area (Å²) in [6, 6.07) is 6.87. The molecule has 9 nitrogen and oxygen atoms in total. The van der Waals surface area contributed by atoms with Crippen LogP contribution < -0.4 is 14.3 Å². The predicted octanol–water partition coefficient (Wildman–Crippen LogP) is 3.15. The van der Waals surface area contributed by atoms with E-state index in [1.807, 2.05) is 0 Å². The number of hydrogen-bond acceptors (Lipinski definition) is 7. The number of nitro groups is 1. The Morgan fingerprint density at radius 2 is 1.93 bits per heavy atom. The summed E-state index contributed by atoms with van der Waals surface area (Å²) in [7, 11) is 4.18. The molecule has 0 fully saturated rings. The van der Waals surface area contributed by atoms with E-state index in [0.29, 0.717) is 4.70 Å². The number of rotatable bonds is 7. The minimum absolute atomic E-state index is 0.111. The van der Waals surface area contributed by atoms with Gasteiger partial charge in [-0.25, -0.2) is 4.39 Å². The van der Waals surface area contributed by atoms with Gasteiger partial charge in [0.1, 0.15) is 11.4 Å². The lowest BCUT2D eigenvalue weighted by molar-refractivity contribution is -0.385. The first-order chi connectivity index (χ1) is 14.4. The van der Waals surface area contributed by atoms with Crippen LogP contribution in [-0.4, -0.2) is 43.3 Å². The summed E-state index contributed by atoms with van der Waals surface area (Å²) in [5.41, 5.74) is -0.459. The monoisotopic (exact) mass is 435 g/mol. The highest BCUT2D eigenvalue weighted by molar-refractivity contribution is 7.16. The van der Waals surface area contributed by atoms with Crippen molar-refractivity contribution >= 4 is 33.1 Å². The Kier molecular flexibility index (Phi) is 6.43. The van der Waals surface area contributed by atoms with Crippen molar-refractivity contribution in [3.63, 3.8) is 0 Å². The SMILES string of the molecule is COCCn1c(=NC(=O)c2cc(OC)c(OC)cc2[N+](=O)[O-])sc2cccc(F)c21. The van der Waals surface area contributed by atoms with Gasteiger partial charge in [-0.15, -0.1) is 0 Å². The number of halogens is 1. The smallest absolute Gasteiger partial charge is 0.286 e. The van der Waals surface area contributed by atoms with Crippen LogP contribution in [0.2, 0.25) is 0 Å². The van der Waals surface area contributed by atoms with Gasteiger partial charge < -0.3 is 18.8 Å². The molecule has 2 aromatic carbocycles. The first-order valence-corrected chi connectivity index (χ1v) is 9.49. The second-order valence-corrected chi connectivity index (χ2v) is 7.02. The van der Waals surface area contributed by atoms with Gasteiger partial charge in [0.25, 0.3) is 11.6 Å². The normalized spacial score (nSPS) is 11.7. The third-order valence-corrected chi connectivity index (χ3v) is 5.34. The number of carbonyl (C=O) groups excluding carboxylic acids is 1. The van der Waals surface area contributed by atoms with Crippen LogP contribution in [0.3, 0.4) is 0 Å². The fourth-order valence-corrected chi connectivity index (χ4v) is 3.97. The number of benzene rings is 2. The maximum Gasteiger partial charge on any atom is 0.286 e. The Bertz CT molecular complexity index is 1190. The molecule has 3 rings (SSSR count). The number of amides is 1. The topological polar surface area (TPSA) is 105 Å². The number of methoxy groups -OCH3 is 3. The molecule has 0 aliphatic heterocycles. The number of aromatic nitrogens is 1. The average molecular weight is 435 g/mol. The van der Waals surface area contributed by atoms with Crippen molar-refractivity contribution in [1.82, 2.24) is 4.57 Å². The van der Waals surface area contributed by atoms with E-state index in [2.05, 4.69) is 4.99 Å². The first-order valence-electron chi connectivity index (χ1n) is 8.67. The van der Waals surface area contributed by atoms with Gasteiger partial charge in [0.2, 0.25) is 0 Å².